The summed E-state index contributed by atoms with van der Waals surface area (Å²) in [5.41, 5.74) is 0.874. The van der Waals surface area contributed by atoms with Crippen LogP contribution in [0.2, 0.25) is 0 Å². The highest BCUT2D eigenvalue weighted by Crippen LogP contribution is 2.09. The lowest BCUT2D eigenvalue weighted by Gasteiger charge is -1.98. The third-order valence-electron chi connectivity index (χ3n) is 1.58. The van der Waals surface area contributed by atoms with Crippen LogP contribution in [0.15, 0.2) is 18.3 Å². The van der Waals surface area contributed by atoms with Gasteiger partial charge in [-0.15, -0.1) is 5.10 Å². The lowest BCUT2D eigenvalue weighted by molar-refractivity contribution is 0.917. The van der Waals surface area contributed by atoms with E-state index in [1.165, 1.54) is 0 Å². The second-order valence-electron chi connectivity index (χ2n) is 2.32. The van der Waals surface area contributed by atoms with Crippen molar-refractivity contribution in [2.75, 3.05) is 12.4 Å². The molecule has 2 aromatic heterocycles. The number of halogens is 1. The summed E-state index contributed by atoms with van der Waals surface area (Å²) in [7, 11) is 1.85. The van der Waals surface area contributed by atoms with Crippen LogP contribution in [0.3, 0.4) is 0 Å². The predicted molar refractivity (Wildman–Crippen MR) is 55.3 cm³/mol. The van der Waals surface area contributed by atoms with Crippen LogP contribution in [-0.2, 0) is 0 Å². The largest absolute Gasteiger partial charge is 0.372 e. The fourth-order valence-electron chi connectivity index (χ4n) is 0.979. The summed E-state index contributed by atoms with van der Waals surface area (Å²) in [5.74, 6) is 0.846. The molecule has 0 radical (unpaired) electrons. The second kappa shape index (κ2) is 2.89. The van der Waals surface area contributed by atoms with Crippen LogP contribution in [0.4, 0.5) is 5.82 Å². The van der Waals surface area contributed by atoms with Gasteiger partial charge in [-0.05, 0) is 34.7 Å². The number of fused-ring (bicyclic) bond motifs is 1. The van der Waals surface area contributed by atoms with E-state index >= 15 is 0 Å². The van der Waals surface area contributed by atoms with Crippen molar-refractivity contribution in [2.45, 2.75) is 0 Å². The van der Waals surface area contributed by atoms with Crippen molar-refractivity contribution >= 4 is 34.1 Å². The second-order valence-corrected chi connectivity index (χ2v) is 3.42. The van der Waals surface area contributed by atoms with Crippen LogP contribution in [0.1, 0.15) is 0 Å². The van der Waals surface area contributed by atoms with Crippen molar-refractivity contribution in [1.29, 1.82) is 0 Å². The van der Waals surface area contributed by atoms with Gasteiger partial charge in [-0.25, -0.2) is 9.50 Å². The molecule has 1 N–H and O–H groups in total. The van der Waals surface area contributed by atoms with Gasteiger partial charge in [-0.2, -0.15) is 0 Å². The van der Waals surface area contributed by atoms with Crippen molar-refractivity contribution < 1.29 is 0 Å². The highest BCUT2D eigenvalue weighted by Gasteiger charge is 2.00. The number of aromatic nitrogens is 3. The number of hydrogen-bond acceptors (Lipinski definition) is 3. The highest BCUT2D eigenvalue weighted by atomic mass is 127. The number of anilines is 1. The first kappa shape index (κ1) is 7.78. The van der Waals surface area contributed by atoms with E-state index in [0.717, 1.165) is 15.2 Å². The summed E-state index contributed by atoms with van der Waals surface area (Å²) >= 11 is 2.20. The fraction of sp³-hybridized carbons (Fsp3) is 0.143. The molecular weight excluding hydrogens is 267 g/mol. The lowest BCUT2D eigenvalue weighted by atomic mass is 10.5. The Balaban J connectivity index is 2.71. The monoisotopic (exact) mass is 274 g/mol. The van der Waals surface area contributed by atoms with E-state index in [4.69, 9.17) is 0 Å². The number of nitrogens with one attached hydrogen (secondary N) is 1. The van der Waals surface area contributed by atoms with Gasteiger partial charge in [0.2, 0.25) is 0 Å². The van der Waals surface area contributed by atoms with E-state index in [-0.39, 0.29) is 0 Å². The van der Waals surface area contributed by atoms with E-state index in [2.05, 4.69) is 38.0 Å². The van der Waals surface area contributed by atoms with E-state index in [0.29, 0.717) is 0 Å². The summed E-state index contributed by atoms with van der Waals surface area (Å²) < 4.78 is 2.81. The Kier molecular flexibility index (Phi) is 1.87. The third-order valence-corrected chi connectivity index (χ3v) is 2.31. The Morgan fingerprint density at radius 3 is 3.08 bits per heavy atom. The molecule has 0 atom stereocenters. The van der Waals surface area contributed by atoms with Crippen LogP contribution in [0.25, 0.3) is 5.65 Å². The van der Waals surface area contributed by atoms with Crippen molar-refractivity contribution in [3.05, 3.63) is 22.0 Å². The minimum atomic E-state index is 0.846. The molecule has 4 nitrogen and oxygen atoms in total. The van der Waals surface area contributed by atoms with Gasteiger partial charge in [0, 0.05) is 7.05 Å². The summed E-state index contributed by atoms with van der Waals surface area (Å²) in [5, 5.41) is 7.26. The molecule has 0 saturated heterocycles. The van der Waals surface area contributed by atoms with Crippen LogP contribution in [0, 0.1) is 3.70 Å². The van der Waals surface area contributed by atoms with E-state index in [9.17, 15) is 0 Å². The Hall–Kier alpha value is -0.850. The SMILES string of the molecule is CNc1ccc2ncc(I)n2n1. The van der Waals surface area contributed by atoms with Crippen molar-refractivity contribution in [3.8, 4) is 0 Å². The molecule has 0 bridgehead atoms. The average molecular weight is 274 g/mol. The minimum absolute atomic E-state index is 0.846. The number of imidazole rings is 1. The molecule has 2 heterocycles. The molecule has 5 heteroatoms. The Morgan fingerprint density at radius 1 is 1.50 bits per heavy atom. The maximum atomic E-state index is 4.29. The van der Waals surface area contributed by atoms with Gasteiger partial charge in [0.1, 0.15) is 9.52 Å². The molecular formula is C7H7IN4. The molecule has 0 aliphatic carbocycles. The van der Waals surface area contributed by atoms with Gasteiger partial charge in [0.25, 0.3) is 0 Å². The summed E-state index contributed by atoms with van der Waals surface area (Å²) in [4.78, 5) is 4.16. The molecule has 0 aliphatic heterocycles. The lowest BCUT2D eigenvalue weighted by Crippen LogP contribution is -1.99. The molecule has 0 unspecified atom stereocenters. The molecule has 62 valence electrons. The molecule has 0 saturated carbocycles. The van der Waals surface area contributed by atoms with Crippen LogP contribution in [0.5, 0.6) is 0 Å². The molecule has 0 fully saturated rings. The standard InChI is InChI=1S/C7H7IN4/c1-9-6-2-3-7-10-4-5(8)12(7)11-6/h2-4H,1H3,(H,9,11). The fourth-order valence-corrected chi connectivity index (χ4v) is 1.47. The molecule has 0 aromatic carbocycles. The van der Waals surface area contributed by atoms with E-state index < -0.39 is 0 Å². The van der Waals surface area contributed by atoms with Gasteiger partial charge >= 0.3 is 0 Å². The zero-order valence-electron chi connectivity index (χ0n) is 6.45. The van der Waals surface area contributed by atoms with Gasteiger partial charge in [0.05, 0.1) is 6.20 Å². The van der Waals surface area contributed by atoms with Crippen LogP contribution in [-0.4, -0.2) is 21.6 Å². The van der Waals surface area contributed by atoms with Crippen LogP contribution >= 0.6 is 22.6 Å². The molecule has 12 heavy (non-hydrogen) atoms. The van der Waals surface area contributed by atoms with Crippen molar-refractivity contribution in [1.82, 2.24) is 14.6 Å². The molecule has 2 rings (SSSR count). The first-order chi connectivity index (χ1) is 5.81. The van der Waals surface area contributed by atoms with Gasteiger partial charge in [0.15, 0.2) is 5.65 Å². The Bertz CT molecular complexity index is 409. The van der Waals surface area contributed by atoms with Crippen molar-refractivity contribution in [3.63, 3.8) is 0 Å². The zero-order valence-corrected chi connectivity index (χ0v) is 8.61. The maximum absolute atomic E-state index is 4.29. The summed E-state index contributed by atoms with van der Waals surface area (Å²) in [6, 6.07) is 3.83. The predicted octanol–water partition coefficient (Wildman–Crippen LogP) is 1.38. The van der Waals surface area contributed by atoms with Crippen molar-refractivity contribution in [2.24, 2.45) is 0 Å². The number of nitrogens with zero attached hydrogens (tertiary/aromatic N) is 3. The number of hydrogen-bond donors (Lipinski definition) is 1. The summed E-state index contributed by atoms with van der Waals surface area (Å²) in [6.45, 7) is 0. The molecule has 0 aliphatic rings. The molecule has 0 spiro atoms. The smallest absolute Gasteiger partial charge is 0.154 e. The summed E-state index contributed by atoms with van der Waals surface area (Å²) in [6.07, 6.45) is 1.79. The maximum Gasteiger partial charge on any atom is 0.154 e. The molecule has 2 aromatic rings. The van der Waals surface area contributed by atoms with E-state index in [1.54, 1.807) is 10.7 Å². The Labute approximate surface area is 83.1 Å². The first-order valence-electron chi connectivity index (χ1n) is 3.49. The normalized spacial score (nSPS) is 10.5. The quantitative estimate of drug-likeness (QED) is 0.799. The topological polar surface area (TPSA) is 42.2 Å². The van der Waals surface area contributed by atoms with Gasteiger partial charge in [-0.3, -0.25) is 0 Å². The van der Waals surface area contributed by atoms with Gasteiger partial charge < -0.3 is 5.32 Å². The minimum Gasteiger partial charge on any atom is -0.372 e. The third kappa shape index (κ3) is 1.13. The first-order valence-corrected chi connectivity index (χ1v) is 4.57. The Morgan fingerprint density at radius 2 is 2.33 bits per heavy atom. The highest BCUT2D eigenvalue weighted by molar-refractivity contribution is 14.1. The molecule has 0 amide bonds. The average Bonchev–Trinajstić information content (AvgIpc) is 2.47. The van der Waals surface area contributed by atoms with Gasteiger partial charge in [-0.1, -0.05) is 0 Å². The zero-order chi connectivity index (χ0) is 8.55. The number of rotatable bonds is 1. The van der Waals surface area contributed by atoms with E-state index in [1.807, 2.05) is 19.2 Å². The van der Waals surface area contributed by atoms with Crippen LogP contribution < -0.4 is 5.32 Å².